The summed E-state index contributed by atoms with van der Waals surface area (Å²) in [6, 6.07) is 0.0939. The van der Waals surface area contributed by atoms with Crippen LogP contribution in [0.15, 0.2) is 23.3 Å². The topological polar surface area (TPSA) is 52.7 Å². The van der Waals surface area contributed by atoms with Crippen LogP contribution in [0.1, 0.15) is 60.3 Å². The number of rotatable bonds is 3. The Hall–Kier alpha value is -1.78. The molecule has 26 heavy (non-hydrogen) atoms. The highest BCUT2D eigenvalue weighted by molar-refractivity contribution is 5.88. The van der Waals surface area contributed by atoms with E-state index in [1.165, 1.54) is 24.0 Å². The van der Waals surface area contributed by atoms with Crippen molar-refractivity contribution < 1.29 is 9.59 Å². The van der Waals surface area contributed by atoms with Gasteiger partial charge >= 0.3 is 6.03 Å². The van der Waals surface area contributed by atoms with Crippen LogP contribution in [0.5, 0.6) is 0 Å². The van der Waals surface area contributed by atoms with E-state index in [2.05, 4.69) is 26.1 Å². The average molecular weight is 362 g/mol. The number of carbonyl (C=O) groups excluding carboxylic acids is 2. The molecule has 0 unspecified atom stereocenters. The van der Waals surface area contributed by atoms with Gasteiger partial charge in [-0.25, -0.2) is 4.79 Å². The van der Waals surface area contributed by atoms with Crippen LogP contribution in [0.4, 0.5) is 4.79 Å². The van der Waals surface area contributed by atoms with Crippen molar-refractivity contribution in [1.29, 1.82) is 0 Å². The van der Waals surface area contributed by atoms with E-state index in [4.69, 9.17) is 0 Å². The van der Waals surface area contributed by atoms with Crippen molar-refractivity contribution in [2.45, 2.75) is 66.3 Å². The maximum absolute atomic E-state index is 12.7. The van der Waals surface area contributed by atoms with Crippen molar-refractivity contribution in [2.75, 3.05) is 26.2 Å². The van der Waals surface area contributed by atoms with Crippen LogP contribution < -0.4 is 5.32 Å². The van der Waals surface area contributed by atoms with Gasteiger partial charge in [-0.15, -0.1) is 0 Å². The highest BCUT2D eigenvalue weighted by Gasteiger charge is 2.27. The van der Waals surface area contributed by atoms with E-state index in [1.807, 2.05) is 29.7 Å². The lowest BCUT2D eigenvalue weighted by Gasteiger charge is -2.33. The van der Waals surface area contributed by atoms with Crippen molar-refractivity contribution in [3.05, 3.63) is 23.3 Å². The van der Waals surface area contributed by atoms with Gasteiger partial charge < -0.3 is 15.1 Å². The van der Waals surface area contributed by atoms with Gasteiger partial charge in [0.1, 0.15) is 0 Å². The number of allylic oxidation sites excluding steroid dienone is 3. The number of hydrogen-bond acceptors (Lipinski definition) is 2. The van der Waals surface area contributed by atoms with E-state index in [9.17, 15) is 9.59 Å². The van der Waals surface area contributed by atoms with Gasteiger partial charge in [0, 0.05) is 38.3 Å². The Morgan fingerprint density at radius 3 is 2.38 bits per heavy atom. The first-order chi connectivity index (χ1) is 12.2. The molecule has 2 aliphatic rings. The molecule has 0 aromatic heterocycles. The van der Waals surface area contributed by atoms with Crippen LogP contribution in [0.25, 0.3) is 0 Å². The summed E-state index contributed by atoms with van der Waals surface area (Å²) in [5, 5.41) is 2.93. The zero-order chi connectivity index (χ0) is 19.3. The zero-order valence-corrected chi connectivity index (χ0v) is 17.1. The molecule has 1 N–H and O–H groups in total. The molecule has 0 aromatic rings. The maximum Gasteiger partial charge on any atom is 0.317 e. The van der Waals surface area contributed by atoms with Gasteiger partial charge in [-0.2, -0.15) is 0 Å². The molecule has 3 amide bonds. The van der Waals surface area contributed by atoms with Crippen molar-refractivity contribution in [3.8, 4) is 0 Å². The minimum absolute atomic E-state index is 0.0328. The molecular weight excluding hydrogens is 326 g/mol. The number of amides is 3. The molecule has 1 aliphatic carbocycles. The lowest BCUT2D eigenvalue weighted by Crippen LogP contribution is -2.44. The lowest BCUT2D eigenvalue weighted by atomic mass is 9.72. The quantitative estimate of drug-likeness (QED) is 0.779. The third-order valence-corrected chi connectivity index (χ3v) is 5.44. The second kappa shape index (κ2) is 8.74. The van der Waals surface area contributed by atoms with Gasteiger partial charge in [0.2, 0.25) is 5.91 Å². The molecule has 0 radical (unpaired) electrons. The number of carbonyl (C=O) groups is 2. The van der Waals surface area contributed by atoms with Crippen LogP contribution in [-0.4, -0.2) is 54.0 Å². The summed E-state index contributed by atoms with van der Waals surface area (Å²) in [6.07, 6.45) is 8.10. The number of nitrogens with one attached hydrogen (secondary N) is 1. The molecule has 0 bridgehead atoms. The number of hydrogen-bond donors (Lipinski definition) is 1. The van der Waals surface area contributed by atoms with Crippen molar-refractivity contribution in [3.63, 3.8) is 0 Å². The first kappa shape index (κ1) is 20.5. The highest BCUT2D eigenvalue weighted by atomic mass is 16.2. The molecular formula is C21H35N3O2. The smallest absolute Gasteiger partial charge is 0.317 e. The normalized spacial score (nSPS) is 21.3. The lowest BCUT2D eigenvalue weighted by molar-refractivity contribution is -0.125. The van der Waals surface area contributed by atoms with Gasteiger partial charge in [0.05, 0.1) is 0 Å². The molecule has 0 atom stereocenters. The Bertz CT molecular complexity index is 590. The fraction of sp³-hybridized carbons (Fsp3) is 0.714. The summed E-state index contributed by atoms with van der Waals surface area (Å²) in [6.45, 7) is 13.2. The Labute approximate surface area is 158 Å². The first-order valence-electron chi connectivity index (χ1n) is 9.93. The molecule has 1 saturated heterocycles. The predicted octanol–water partition coefficient (Wildman–Crippen LogP) is 3.72. The summed E-state index contributed by atoms with van der Waals surface area (Å²) >= 11 is 0. The third kappa shape index (κ3) is 5.36. The summed E-state index contributed by atoms with van der Waals surface area (Å²) in [4.78, 5) is 28.5. The molecule has 146 valence electrons. The fourth-order valence-corrected chi connectivity index (χ4v) is 3.95. The second-order valence-electron chi connectivity index (χ2n) is 8.53. The van der Waals surface area contributed by atoms with Gasteiger partial charge in [-0.1, -0.05) is 25.5 Å². The molecule has 1 heterocycles. The largest absolute Gasteiger partial charge is 0.337 e. The van der Waals surface area contributed by atoms with Gasteiger partial charge in [0.25, 0.3) is 0 Å². The van der Waals surface area contributed by atoms with Gasteiger partial charge in [-0.3, -0.25) is 4.79 Å². The molecule has 5 heteroatoms. The van der Waals surface area contributed by atoms with Gasteiger partial charge in [0.15, 0.2) is 0 Å². The van der Waals surface area contributed by atoms with E-state index in [1.54, 1.807) is 6.08 Å². The van der Waals surface area contributed by atoms with Gasteiger partial charge in [-0.05, 0) is 57.4 Å². The maximum atomic E-state index is 12.7. The van der Waals surface area contributed by atoms with Crippen LogP contribution >= 0.6 is 0 Å². The monoisotopic (exact) mass is 361 g/mol. The van der Waals surface area contributed by atoms with Crippen LogP contribution in [-0.2, 0) is 4.79 Å². The molecule has 1 fully saturated rings. The highest BCUT2D eigenvalue weighted by Crippen LogP contribution is 2.40. The van der Waals surface area contributed by atoms with Crippen molar-refractivity contribution in [2.24, 2.45) is 5.41 Å². The average Bonchev–Trinajstić information content (AvgIpc) is 2.79. The Morgan fingerprint density at radius 2 is 1.73 bits per heavy atom. The SMILES string of the molecule is CC1=C(/C=C/C(=O)N2CCCN(C(=O)NC(C)C)CC2)C(C)(C)CCC1. The van der Waals surface area contributed by atoms with E-state index < -0.39 is 0 Å². The third-order valence-electron chi connectivity index (χ3n) is 5.44. The minimum atomic E-state index is -0.0328. The summed E-state index contributed by atoms with van der Waals surface area (Å²) in [7, 11) is 0. The molecule has 0 aromatic carbocycles. The van der Waals surface area contributed by atoms with Crippen molar-refractivity contribution >= 4 is 11.9 Å². The predicted molar refractivity (Wildman–Crippen MR) is 106 cm³/mol. The number of urea groups is 1. The summed E-state index contributed by atoms with van der Waals surface area (Å²) in [5.74, 6) is 0.0535. The Balaban J connectivity index is 1.97. The van der Waals surface area contributed by atoms with E-state index in [0.29, 0.717) is 26.2 Å². The molecule has 0 spiro atoms. The molecule has 0 saturated carbocycles. The standard InChI is InChI=1S/C21H35N3O2/c1-16(2)22-20(26)24-13-7-12-23(14-15-24)19(25)10-9-18-17(3)8-6-11-21(18,4)5/h9-10,16H,6-8,11-15H2,1-5H3,(H,22,26)/b10-9+. The van der Waals surface area contributed by atoms with Crippen LogP contribution in [0.2, 0.25) is 0 Å². The van der Waals surface area contributed by atoms with Crippen molar-refractivity contribution in [1.82, 2.24) is 15.1 Å². The molecule has 2 rings (SSSR count). The Morgan fingerprint density at radius 1 is 1.08 bits per heavy atom. The van der Waals surface area contributed by atoms with E-state index in [-0.39, 0.29) is 23.4 Å². The molecule has 1 aliphatic heterocycles. The summed E-state index contributed by atoms with van der Waals surface area (Å²) < 4.78 is 0. The zero-order valence-electron chi connectivity index (χ0n) is 17.1. The fourth-order valence-electron chi connectivity index (χ4n) is 3.95. The van der Waals surface area contributed by atoms with E-state index >= 15 is 0 Å². The Kier molecular flexibility index (Phi) is 6.90. The number of nitrogens with zero attached hydrogens (tertiary/aromatic N) is 2. The minimum Gasteiger partial charge on any atom is -0.337 e. The summed E-state index contributed by atoms with van der Waals surface area (Å²) in [5.41, 5.74) is 2.85. The first-order valence-corrected chi connectivity index (χ1v) is 9.93. The molecule has 5 nitrogen and oxygen atoms in total. The van der Waals surface area contributed by atoms with Crippen LogP contribution in [0, 0.1) is 5.41 Å². The van der Waals surface area contributed by atoms with Crippen LogP contribution in [0.3, 0.4) is 0 Å². The second-order valence-corrected chi connectivity index (χ2v) is 8.53. The van der Waals surface area contributed by atoms with E-state index in [0.717, 1.165) is 12.8 Å².